The van der Waals surface area contributed by atoms with Gasteiger partial charge in [0.2, 0.25) is 5.91 Å². The lowest BCUT2D eigenvalue weighted by atomic mass is 10.0. The summed E-state index contributed by atoms with van der Waals surface area (Å²) in [6.45, 7) is 7.17. The Labute approximate surface area is 94.9 Å². The SMILES string of the molecule is CCNC(C)(C)C(=O)NCc1ccsc1. The van der Waals surface area contributed by atoms with Gasteiger partial charge < -0.3 is 10.6 Å². The summed E-state index contributed by atoms with van der Waals surface area (Å²) in [7, 11) is 0. The van der Waals surface area contributed by atoms with Gasteiger partial charge in [-0.2, -0.15) is 11.3 Å². The summed E-state index contributed by atoms with van der Waals surface area (Å²) < 4.78 is 0. The number of likely N-dealkylation sites (N-methyl/N-ethyl adjacent to an activating group) is 1. The van der Waals surface area contributed by atoms with E-state index in [0.29, 0.717) is 6.54 Å². The molecule has 15 heavy (non-hydrogen) atoms. The molecule has 0 aliphatic carbocycles. The number of thiophene rings is 1. The highest BCUT2D eigenvalue weighted by Gasteiger charge is 2.25. The number of carbonyl (C=O) groups excluding carboxylic acids is 1. The van der Waals surface area contributed by atoms with Crippen LogP contribution in [-0.4, -0.2) is 18.0 Å². The second-order valence-corrected chi connectivity index (χ2v) is 4.75. The van der Waals surface area contributed by atoms with E-state index in [2.05, 4.69) is 10.6 Å². The van der Waals surface area contributed by atoms with Gasteiger partial charge in [0.1, 0.15) is 0 Å². The Morgan fingerprint density at radius 2 is 2.27 bits per heavy atom. The van der Waals surface area contributed by atoms with Crippen LogP contribution >= 0.6 is 11.3 Å². The average Bonchev–Trinajstić information content (AvgIpc) is 2.66. The van der Waals surface area contributed by atoms with Gasteiger partial charge in [-0.25, -0.2) is 0 Å². The highest BCUT2D eigenvalue weighted by molar-refractivity contribution is 7.07. The van der Waals surface area contributed by atoms with Crippen molar-refractivity contribution in [2.24, 2.45) is 0 Å². The predicted octanol–water partition coefficient (Wildman–Crippen LogP) is 1.75. The van der Waals surface area contributed by atoms with Gasteiger partial charge >= 0.3 is 0 Å². The molecule has 0 aromatic carbocycles. The summed E-state index contributed by atoms with van der Waals surface area (Å²) >= 11 is 1.64. The van der Waals surface area contributed by atoms with Gasteiger partial charge in [-0.15, -0.1) is 0 Å². The number of nitrogens with one attached hydrogen (secondary N) is 2. The zero-order valence-corrected chi connectivity index (χ0v) is 10.3. The molecular weight excluding hydrogens is 208 g/mol. The fourth-order valence-electron chi connectivity index (χ4n) is 1.32. The van der Waals surface area contributed by atoms with E-state index in [0.717, 1.165) is 12.1 Å². The van der Waals surface area contributed by atoms with Crippen LogP contribution in [0.3, 0.4) is 0 Å². The molecule has 0 bridgehead atoms. The van der Waals surface area contributed by atoms with Crippen LogP contribution in [0.4, 0.5) is 0 Å². The van der Waals surface area contributed by atoms with Gasteiger partial charge in [-0.05, 0) is 42.8 Å². The van der Waals surface area contributed by atoms with E-state index >= 15 is 0 Å². The van der Waals surface area contributed by atoms with Crippen molar-refractivity contribution in [3.8, 4) is 0 Å². The Morgan fingerprint density at radius 1 is 1.53 bits per heavy atom. The standard InChI is InChI=1S/C11H18N2OS/c1-4-13-11(2,3)10(14)12-7-9-5-6-15-8-9/h5-6,8,13H,4,7H2,1-3H3,(H,12,14). The highest BCUT2D eigenvalue weighted by atomic mass is 32.1. The molecule has 3 nitrogen and oxygen atoms in total. The van der Waals surface area contributed by atoms with Crippen molar-refractivity contribution in [3.05, 3.63) is 22.4 Å². The predicted molar refractivity (Wildman–Crippen MR) is 63.9 cm³/mol. The number of rotatable bonds is 5. The van der Waals surface area contributed by atoms with Gasteiger partial charge in [-0.1, -0.05) is 6.92 Å². The monoisotopic (exact) mass is 226 g/mol. The highest BCUT2D eigenvalue weighted by Crippen LogP contribution is 2.07. The molecule has 1 aromatic heterocycles. The molecule has 0 saturated carbocycles. The van der Waals surface area contributed by atoms with Crippen molar-refractivity contribution in [3.63, 3.8) is 0 Å². The first-order valence-corrected chi connectivity index (χ1v) is 6.05. The lowest BCUT2D eigenvalue weighted by Gasteiger charge is -2.24. The summed E-state index contributed by atoms with van der Waals surface area (Å²) in [5.41, 5.74) is 0.658. The Balaban J connectivity index is 2.42. The van der Waals surface area contributed by atoms with E-state index in [9.17, 15) is 4.79 Å². The molecule has 1 aromatic rings. The van der Waals surface area contributed by atoms with Gasteiger partial charge in [0.05, 0.1) is 5.54 Å². The molecule has 0 radical (unpaired) electrons. The van der Waals surface area contributed by atoms with Crippen molar-refractivity contribution >= 4 is 17.2 Å². The summed E-state index contributed by atoms with van der Waals surface area (Å²) in [6, 6.07) is 2.02. The van der Waals surface area contributed by atoms with Gasteiger partial charge in [0, 0.05) is 6.54 Å². The first-order valence-electron chi connectivity index (χ1n) is 5.10. The second-order valence-electron chi connectivity index (χ2n) is 3.97. The Bertz CT molecular complexity index is 306. The van der Waals surface area contributed by atoms with Crippen molar-refractivity contribution in [1.82, 2.24) is 10.6 Å². The molecule has 1 rings (SSSR count). The van der Waals surface area contributed by atoms with Crippen molar-refractivity contribution in [2.75, 3.05) is 6.54 Å². The van der Waals surface area contributed by atoms with Gasteiger partial charge in [-0.3, -0.25) is 4.79 Å². The summed E-state index contributed by atoms with van der Waals surface area (Å²) in [5.74, 6) is 0.0375. The quantitative estimate of drug-likeness (QED) is 0.803. The smallest absolute Gasteiger partial charge is 0.239 e. The summed E-state index contributed by atoms with van der Waals surface area (Å²) in [5, 5.41) is 10.1. The van der Waals surface area contributed by atoms with Crippen LogP contribution in [0, 0.1) is 0 Å². The minimum absolute atomic E-state index is 0.0375. The molecule has 0 saturated heterocycles. The van der Waals surface area contributed by atoms with Crippen LogP contribution < -0.4 is 10.6 Å². The van der Waals surface area contributed by atoms with Gasteiger partial charge in [0.25, 0.3) is 0 Å². The van der Waals surface area contributed by atoms with E-state index in [1.165, 1.54) is 0 Å². The molecule has 0 spiro atoms. The molecule has 1 heterocycles. The van der Waals surface area contributed by atoms with Crippen LogP contribution in [0.2, 0.25) is 0 Å². The summed E-state index contributed by atoms with van der Waals surface area (Å²) in [6.07, 6.45) is 0. The molecule has 84 valence electrons. The molecule has 0 aliphatic rings. The second kappa shape index (κ2) is 5.28. The summed E-state index contributed by atoms with van der Waals surface area (Å²) in [4.78, 5) is 11.8. The minimum atomic E-state index is -0.495. The number of hydrogen-bond acceptors (Lipinski definition) is 3. The lowest BCUT2D eigenvalue weighted by Crippen LogP contribution is -2.52. The molecular formula is C11H18N2OS. The first-order chi connectivity index (χ1) is 7.06. The fourth-order valence-corrected chi connectivity index (χ4v) is 1.99. The zero-order valence-electron chi connectivity index (χ0n) is 9.46. The molecule has 4 heteroatoms. The lowest BCUT2D eigenvalue weighted by molar-refractivity contribution is -0.126. The molecule has 0 atom stereocenters. The minimum Gasteiger partial charge on any atom is -0.350 e. The maximum atomic E-state index is 11.8. The number of amides is 1. The average molecular weight is 226 g/mol. The van der Waals surface area contributed by atoms with Crippen LogP contribution in [0.1, 0.15) is 26.3 Å². The Hall–Kier alpha value is -0.870. The van der Waals surface area contributed by atoms with Crippen LogP contribution in [0.25, 0.3) is 0 Å². The maximum Gasteiger partial charge on any atom is 0.239 e. The number of hydrogen-bond donors (Lipinski definition) is 2. The van der Waals surface area contributed by atoms with E-state index in [1.54, 1.807) is 11.3 Å². The third kappa shape index (κ3) is 3.64. The normalized spacial score (nSPS) is 11.4. The molecule has 0 unspecified atom stereocenters. The topological polar surface area (TPSA) is 41.1 Å². The molecule has 0 fully saturated rings. The molecule has 1 amide bonds. The first kappa shape index (κ1) is 12.2. The number of carbonyl (C=O) groups is 1. The van der Waals surface area contributed by atoms with E-state index < -0.39 is 5.54 Å². The largest absolute Gasteiger partial charge is 0.350 e. The van der Waals surface area contributed by atoms with E-state index in [1.807, 2.05) is 37.6 Å². The third-order valence-corrected chi connectivity index (χ3v) is 2.95. The van der Waals surface area contributed by atoms with Crippen molar-refractivity contribution in [2.45, 2.75) is 32.9 Å². The third-order valence-electron chi connectivity index (χ3n) is 2.22. The molecule has 2 N–H and O–H groups in total. The van der Waals surface area contributed by atoms with Crippen LogP contribution in [-0.2, 0) is 11.3 Å². The van der Waals surface area contributed by atoms with E-state index in [-0.39, 0.29) is 5.91 Å². The zero-order chi connectivity index (χ0) is 11.3. The van der Waals surface area contributed by atoms with E-state index in [4.69, 9.17) is 0 Å². The van der Waals surface area contributed by atoms with Crippen LogP contribution in [0.15, 0.2) is 16.8 Å². The maximum absolute atomic E-state index is 11.8. The Kier molecular flexibility index (Phi) is 4.29. The Morgan fingerprint density at radius 3 is 2.80 bits per heavy atom. The van der Waals surface area contributed by atoms with Crippen LogP contribution in [0.5, 0.6) is 0 Å². The van der Waals surface area contributed by atoms with Crippen molar-refractivity contribution < 1.29 is 4.79 Å². The van der Waals surface area contributed by atoms with Gasteiger partial charge in [0.15, 0.2) is 0 Å². The van der Waals surface area contributed by atoms with Crippen molar-refractivity contribution in [1.29, 1.82) is 0 Å². The fraction of sp³-hybridized carbons (Fsp3) is 0.545. The molecule has 0 aliphatic heterocycles.